The molecule has 5 nitrogen and oxygen atoms in total. The van der Waals surface area contributed by atoms with Gasteiger partial charge < -0.3 is 15.1 Å². The van der Waals surface area contributed by atoms with E-state index in [1.807, 2.05) is 19.1 Å². The SMILES string of the molecule is CCCCN(C)C(=O)C1(C(=O)Nc2ccc(N(CC)CC)cc2C)CC1. The van der Waals surface area contributed by atoms with Gasteiger partial charge in [0.25, 0.3) is 0 Å². The van der Waals surface area contributed by atoms with E-state index in [1.54, 1.807) is 11.9 Å². The Morgan fingerprint density at radius 2 is 1.81 bits per heavy atom. The molecule has 0 bridgehead atoms. The first-order valence-corrected chi connectivity index (χ1v) is 9.82. The first-order chi connectivity index (χ1) is 12.4. The van der Waals surface area contributed by atoms with Crippen molar-refractivity contribution in [1.82, 2.24) is 4.90 Å². The molecule has 1 aliphatic rings. The fourth-order valence-corrected chi connectivity index (χ4v) is 3.34. The third kappa shape index (κ3) is 4.19. The maximum atomic E-state index is 12.8. The molecular weight excluding hydrogens is 326 g/mol. The van der Waals surface area contributed by atoms with E-state index < -0.39 is 5.41 Å². The van der Waals surface area contributed by atoms with E-state index >= 15 is 0 Å². The van der Waals surface area contributed by atoms with Crippen molar-refractivity contribution in [2.45, 2.75) is 53.4 Å². The van der Waals surface area contributed by atoms with Gasteiger partial charge in [0.15, 0.2) is 0 Å². The molecular formula is C21H33N3O2. The van der Waals surface area contributed by atoms with Gasteiger partial charge in [-0.1, -0.05) is 13.3 Å². The molecule has 2 amide bonds. The third-order valence-corrected chi connectivity index (χ3v) is 5.37. The van der Waals surface area contributed by atoms with Crippen molar-refractivity contribution < 1.29 is 9.59 Å². The monoisotopic (exact) mass is 359 g/mol. The minimum absolute atomic E-state index is 0.0409. The number of unbranched alkanes of at least 4 members (excludes halogenated alkanes) is 1. The van der Waals surface area contributed by atoms with Crippen LogP contribution in [0.1, 0.15) is 52.0 Å². The van der Waals surface area contributed by atoms with E-state index in [9.17, 15) is 9.59 Å². The summed E-state index contributed by atoms with van der Waals surface area (Å²) in [5.41, 5.74) is 2.11. The summed E-state index contributed by atoms with van der Waals surface area (Å²) in [6.07, 6.45) is 3.29. The van der Waals surface area contributed by atoms with Crippen molar-refractivity contribution >= 4 is 23.2 Å². The number of nitrogens with one attached hydrogen (secondary N) is 1. The van der Waals surface area contributed by atoms with E-state index in [0.29, 0.717) is 19.4 Å². The summed E-state index contributed by atoms with van der Waals surface area (Å²) < 4.78 is 0. The second-order valence-electron chi connectivity index (χ2n) is 7.29. The van der Waals surface area contributed by atoms with E-state index in [-0.39, 0.29) is 11.8 Å². The van der Waals surface area contributed by atoms with Crippen molar-refractivity contribution in [1.29, 1.82) is 0 Å². The lowest BCUT2D eigenvalue weighted by Crippen LogP contribution is -2.41. The highest BCUT2D eigenvalue weighted by atomic mass is 16.2. The molecule has 1 saturated carbocycles. The standard InChI is InChI=1S/C21H33N3O2/c1-6-9-14-23(5)20(26)21(12-13-21)19(25)22-18-11-10-17(15-16(18)4)24(7-2)8-3/h10-11,15H,6-9,12-14H2,1-5H3,(H,22,25). The van der Waals surface area contributed by atoms with Gasteiger partial charge in [0.05, 0.1) is 0 Å². The summed E-state index contributed by atoms with van der Waals surface area (Å²) >= 11 is 0. The highest BCUT2D eigenvalue weighted by Gasteiger charge is 2.57. The molecule has 144 valence electrons. The van der Waals surface area contributed by atoms with Gasteiger partial charge in [-0.3, -0.25) is 9.59 Å². The zero-order valence-corrected chi connectivity index (χ0v) is 16.9. The molecule has 0 unspecified atom stereocenters. The van der Waals surface area contributed by atoms with Crippen LogP contribution in [0, 0.1) is 12.3 Å². The van der Waals surface area contributed by atoms with Crippen molar-refractivity contribution in [2.24, 2.45) is 5.41 Å². The summed E-state index contributed by atoms with van der Waals surface area (Å²) in [7, 11) is 1.80. The Morgan fingerprint density at radius 1 is 1.15 bits per heavy atom. The first-order valence-electron chi connectivity index (χ1n) is 9.82. The van der Waals surface area contributed by atoms with E-state index in [2.05, 4.69) is 37.1 Å². The van der Waals surface area contributed by atoms with Gasteiger partial charge in [-0.05, 0) is 63.8 Å². The molecule has 1 aromatic carbocycles. The van der Waals surface area contributed by atoms with Crippen molar-refractivity contribution in [2.75, 3.05) is 36.9 Å². The first kappa shape index (κ1) is 20.3. The molecule has 0 heterocycles. The van der Waals surface area contributed by atoms with Crippen molar-refractivity contribution in [3.63, 3.8) is 0 Å². The largest absolute Gasteiger partial charge is 0.372 e. The Hall–Kier alpha value is -2.04. The number of aryl methyl sites for hydroxylation is 1. The summed E-state index contributed by atoms with van der Waals surface area (Å²) in [5, 5.41) is 3.00. The Labute approximate surface area is 157 Å². The maximum absolute atomic E-state index is 12.8. The number of benzene rings is 1. The second-order valence-corrected chi connectivity index (χ2v) is 7.29. The molecule has 1 aliphatic carbocycles. The van der Waals surface area contributed by atoms with Gasteiger partial charge in [0.2, 0.25) is 11.8 Å². The predicted octanol–water partition coefficient (Wildman–Crippen LogP) is 3.82. The number of carbonyl (C=O) groups is 2. The third-order valence-electron chi connectivity index (χ3n) is 5.37. The molecule has 0 spiro atoms. The van der Waals surface area contributed by atoms with Crippen LogP contribution < -0.4 is 10.2 Å². The molecule has 0 aliphatic heterocycles. The average molecular weight is 360 g/mol. The summed E-state index contributed by atoms with van der Waals surface area (Å²) in [5.74, 6) is -0.203. The fraction of sp³-hybridized carbons (Fsp3) is 0.619. The normalized spacial score (nSPS) is 14.7. The molecule has 26 heavy (non-hydrogen) atoms. The molecule has 1 N–H and O–H groups in total. The van der Waals surface area contributed by atoms with Crippen LogP contribution in [0.5, 0.6) is 0 Å². The maximum Gasteiger partial charge on any atom is 0.240 e. The van der Waals surface area contributed by atoms with Crippen LogP contribution in [0.25, 0.3) is 0 Å². The molecule has 1 aromatic rings. The molecule has 0 radical (unpaired) electrons. The minimum Gasteiger partial charge on any atom is -0.372 e. The minimum atomic E-state index is -0.855. The van der Waals surface area contributed by atoms with Gasteiger partial charge in [-0.25, -0.2) is 0 Å². The second kappa shape index (κ2) is 8.56. The van der Waals surface area contributed by atoms with Gasteiger partial charge in [-0.2, -0.15) is 0 Å². The number of rotatable bonds is 9. The lowest BCUT2D eigenvalue weighted by atomic mass is 10.0. The van der Waals surface area contributed by atoms with Crippen molar-refractivity contribution in [3.8, 4) is 0 Å². The van der Waals surface area contributed by atoms with E-state index in [4.69, 9.17) is 0 Å². The van der Waals surface area contributed by atoms with Gasteiger partial charge >= 0.3 is 0 Å². The lowest BCUT2D eigenvalue weighted by Gasteiger charge is -2.24. The van der Waals surface area contributed by atoms with E-state index in [0.717, 1.165) is 42.9 Å². The molecule has 0 atom stereocenters. The summed E-state index contributed by atoms with van der Waals surface area (Å²) in [6.45, 7) is 11.0. The fourth-order valence-electron chi connectivity index (χ4n) is 3.34. The number of carbonyl (C=O) groups excluding carboxylic acids is 2. The Morgan fingerprint density at radius 3 is 2.31 bits per heavy atom. The average Bonchev–Trinajstić information content (AvgIpc) is 3.44. The summed E-state index contributed by atoms with van der Waals surface area (Å²) in [4.78, 5) is 29.5. The summed E-state index contributed by atoms with van der Waals surface area (Å²) in [6, 6.07) is 6.07. The van der Waals surface area contributed by atoms with Crippen LogP contribution in [-0.2, 0) is 9.59 Å². The molecule has 5 heteroatoms. The highest BCUT2D eigenvalue weighted by molar-refractivity contribution is 6.13. The molecule has 0 aromatic heterocycles. The van der Waals surface area contributed by atoms with Crippen LogP contribution in [0.3, 0.4) is 0 Å². The van der Waals surface area contributed by atoms with Crippen LogP contribution in [0.15, 0.2) is 18.2 Å². The van der Waals surface area contributed by atoms with Crippen molar-refractivity contribution in [3.05, 3.63) is 23.8 Å². The molecule has 1 fully saturated rings. The number of hydrogen-bond acceptors (Lipinski definition) is 3. The Kier molecular flexibility index (Phi) is 6.68. The van der Waals surface area contributed by atoms with Gasteiger partial charge in [0.1, 0.15) is 5.41 Å². The molecule has 2 rings (SSSR count). The zero-order chi connectivity index (χ0) is 19.3. The number of nitrogens with zero attached hydrogens (tertiary/aromatic N) is 2. The topological polar surface area (TPSA) is 52.7 Å². The predicted molar refractivity (Wildman–Crippen MR) is 108 cm³/mol. The smallest absolute Gasteiger partial charge is 0.240 e. The number of hydrogen-bond donors (Lipinski definition) is 1. The Balaban J connectivity index is 2.08. The Bertz CT molecular complexity index is 649. The van der Waals surface area contributed by atoms with Gasteiger partial charge in [-0.15, -0.1) is 0 Å². The van der Waals surface area contributed by atoms with Crippen LogP contribution >= 0.6 is 0 Å². The van der Waals surface area contributed by atoms with Gasteiger partial charge in [0, 0.05) is 38.1 Å². The van der Waals surface area contributed by atoms with Crippen LogP contribution in [-0.4, -0.2) is 43.4 Å². The van der Waals surface area contributed by atoms with E-state index in [1.165, 1.54) is 0 Å². The quantitative estimate of drug-likeness (QED) is 0.682. The number of amides is 2. The lowest BCUT2D eigenvalue weighted by molar-refractivity contribution is -0.141. The van der Waals surface area contributed by atoms with Crippen LogP contribution in [0.4, 0.5) is 11.4 Å². The van der Waals surface area contributed by atoms with Crippen LogP contribution in [0.2, 0.25) is 0 Å². The number of anilines is 2. The molecule has 0 saturated heterocycles. The highest BCUT2D eigenvalue weighted by Crippen LogP contribution is 2.48. The zero-order valence-electron chi connectivity index (χ0n) is 16.9.